The molecule has 3 aliphatic rings. The average molecular weight is 1640 g/mol. The van der Waals surface area contributed by atoms with E-state index in [0.29, 0.717) is 75.4 Å². The maximum absolute atomic E-state index is 10.7. The van der Waals surface area contributed by atoms with E-state index in [1.165, 1.54) is 33.5 Å². The van der Waals surface area contributed by atoms with Gasteiger partial charge < -0.3 is 104 Å². The normalized spacial score (nSPS) is 17.4. The van der Waals surface area contributed by atoms with Gasteiger partial charge in [0.05, 0.1) is 85.9 Å². The van der Waals surface area contributed by atoms with Crippen LogP contribution in [0.5, 0.6) is 0 Å². The second kappa shape index (κ2) is 63.5. The summed E-state index contributed by atoms with van der Waals surface area (Å²) in [6.07, 6.45) is 22.9. The van der Waals surface area contributed by atoms with Gasteiger partial charge in [-0.05, 0) is 144 Å². The number of carboxylic acids is 3. The van der Waals surface area contributed by atoms with Gasteiger partial charge in [0.25, 0.3) is 12.9 Å². The molecule has 3 aliphatic carbocycles. The van der Waals surface area contributed by atoms with Crippen molar-refractivity contribution in [1.29, 1.82) is 15.8 Å². The summed E-state index contributed by atoms with van der Waals surface area (Å²) in [7, 11) is 4.58. The number of carboxylic acid groups (broad SMARTS) is 3. The number of nitrogens with two attached hydrogens (primary N) is 6. The third kappa shape index (κ3) is 52.2. The average Bonchev–Trinajstić information content (AvgIpc) is 0.814. The van der Waals surface area contributed by atoms with Crippen LogP contribution in [-0.2, 0) is 65.0 Å². The fourth-order valence-corrected chi connectivity index (χ4v) is 12.9. The van der Waals surface area contributed by atoms with Crippen LogP contribution in [0, 0.1) is 74.6 Å². The Morgan fingerprint density at radius 1 is 0.431 bits per heavy atom. The third-order valence-corrected chi connectivity index (χ3v) is 19.4. The molecule has 3 saturated carbocycles. The predicted molar refractivity (Wildman–Crippen MR) is 447 cm³/mol. The number of aliphatic hydroxyl groups excluding tert-OH is 3. The zero-order valence-electron chi connectivity index (χ0n) is 71.3. The number of aliphatic hydroxyl groups is 6. The smallest absolute Gasteiger partial charge is 0.364 e. The highest BCUT2D eigenvalue weighted by Gasteiger charge is 2.46. The van der Waals surface area contributed by atoms with Crippen molar-refractivity contribution >= 4 is 30.9 Å². The number of methoxy groups -OCH3 is 3. The molecule has 3 fully saturated rings. The van der Waals surface area contributed by atoms with Gasteiger partial charge in [-0.2, -0.15) is 15.8 Å². The standard InChI is InChI=1S/C14H17NO.2C14H18O3.C8H16N2O2.2C8H17NO4.2C7H14N2.C7H15NO2/c1-15-14(16,12-8-4-2-5-9-12)13-10-6-3-7-11-13;2*15-11-17-14(16,12-7-3-1-4-8-12)13-9-5-2-6-10-13;1-12-8(6-11)4-2-3-7(10)5-9;2*1-13-6(5-10)3-2-4-7(9)8(11)12;2*1-7(2,3)4-6(9)5-8;1-7(2,3)4-5(8)6(9)10/h2,4-5,8-9,13,16H,3,6-7,10-11H2;2*1,3-4,7-8,11,13,16H,2,5-6,9-10H2;7-8,11H,2-4,6,10H2,1H3;2*6-7,10H,2-5,9H2,1H3,(H,11,12);2*6H,4,9H2,1-3H3;5H,4,8H2,1-3H3,(H,9,10)/t;2*14-;;2*6?,7-;6-;;5-/m.10.100.1/s1. The molecule has 29 heteroatoms. The molecule has 658 valence electrons. The molecule has 0 amide bonds. The number of nitriles is 3. The number of nitrogens with zero attached hydrogens (tertiary/aromatic N) is 4. The summed E-state index contributed by atoms with van der Waals surface area (Å²) in [6.45, 7) is 26.3. The number of hydrogen-bond donors (Lipinski definition) is 15. The summed E-state index contributed by atoms with van der Waals surface area (Å²) in [5.41, 5.74) is 33.2. The van der Waals surface area contributed by atoms with Crippen LogP contribution in [0.2, 0.25) is 0 Å². The molecule has 3 aromatic carbocycles. The van der Waals surface area contributed by atoms with Crippen molar-refractivity contribution in [2.45, 2.75) is 308 Å². The summed E-state index contributed by atoms with van der Waals surface area (Å²) in [5.74, 6) is -5.70. The molecule has 21 N–H and O–H groups in total. The molecule has 0 bridgehead atoms. The fourth-order valence-electron chi connectivity index (χ4n) is 12.9. The van der Waals surface area contributed by atoms with Gasteiger partial charge in [0.15, 0.2) is 0 Å². The van der Waals surface area contributed by atoms with Crippen molar-refractivity contribution < 1.29 is 93.6 Å². The molecule has 0 saturated heterocycles. The molecule has 0 spiro atoms. The van der Waals surface area contributed by atoms with E-state index in [1.807, 2.05) is 106 Å². The van der Waals surface area contributed by atoms with Crippen LogP contribution in [0.25, 0.3) is 4.85 Å². The topological polar surface area (TPSA) is 545 Å². The summed E-state index contributed by atoms with van der Waals surface area (Å²) >= 11 is 0. The van der Waals surface area contributed by atoms with Crippen LogP contribution in [0.15, 0.2) is 91.0 Å². The van der Waals surface area contributed by atoms with Gasteiger partial charge in [-0.25, -0.2) is 6.57 Å². The quantitative estimate of drug-likeness (QED) is 0.0150. The zero-order valence-corrected chi connectivity index (χ0v) is 71.3. The lowest BCUT2D eigenvalue weighted by molar-refractivity contribution is -0.234. The molecular formula is C87H146N10O19. The van der Waals surface area contributed by atoms with Crippen molar-refractivity contribution in [2.75, 3.05) is 41.2 Å². The molecule has 12 atom stereocenters. The Morgan fingerprint density at radius 3 is 0.914 bits per heavy atom. The van der Waals surface area contributed by atoms with Crippen LogP contribution < -0.4 is 34.4 Å². The molecule has 0 aliphatic heterocycles. The fraction of sp³-hybridized carbons (Fsp3) is 0.690. The van der Waals surface area contributed by atoms with Gasteiger partial charge in [-0.1, -0.05) is 199 Å². The Labute approximate surface area is 691 Å². The number of aliphatic carboxylic acids is 3. The lowest BCUT2D eigenvalue weighted by atomic mass is 9.79. The first-order chi connectivity index (χ1) is 54.5. The van der Waals surface area contributed by atoms with Crippen LogP contribution >= 0.6 is 0 Å². The largest absolute Gasteiger partial charge is 0.480 e. The van der Waals surface area contributed by atoms with Crippen LogP contribution in [0.1, 0.15) is 252 Å². The molecule has 116 heavy (non-hydrogen) atoms. The zero-order chi connectivity index (χ0) is 89.0. The predicted octanol–water partition coefficient (Wildman–Crippen LogP) is 11.0. The van der Waals surface area contributed by atoms with Gasteiger partial charge in [-0.3, -0.25) is 28.8 Å². The van der Waals surface area contributed by atoms with Crippen molar-refractivity contribution in [3.05, 3.63) is 119 Å². The van der Waals surface area contributed by atoms with Crippen molar-refractivity contribution in [2.24, 2.45) is 68.4 Å². The maximum atomic E-state index is 10.7. The Bertz CT molecular complexity index is 3050. The van der Waals surface area contributed by atoms with Crippen molar-refractivity contribution in [3.8, 4) is 18.2 Å². The number of carbonyl (C=O) groups is 5. The van der Waals surface area contributed by atoms with Crippen LogP contribution in [-0.4, -0.2) is 173 Å². The summed E-state index contributed by atoms with van der Waals surface area (Å²) in [5, 5.41) is 108. The van der Waals surface area contributed by atoms with E-state index in [0.717, 1.165) is 108 Å². The minimum absolute atomic E-state index is 0.00218. The summed E-state index contributed by atoms with van der Waals surface area (Å²) in [4.78, 5) is 55.7. The van der Waals surface area contributed by atoms with Gasteiger partial charge in [0, 0.05) is 44.3 Å². The minimum atomic E-state index is -1.45. The van der Waals surface area contributed by atoms with E-state index < -0.39 is 53.3 Å². The van der Waals surface area contributed by atoms with Gasteiger partial charge in [0.2, 0.25) is 11.6 Å². The van der Waals surface area contributed by atoms with E-state index >= 15 is 0 Å². The Kier molecular flexibility index (Phi) is 61.5. The molecule has 0 aromatic heterocycles. The van der Waals surface area contributed by atoms with E-state index in [4.69, 9.17) is 111 Å². The van der Waals surface area contributed by atoms with Gasteiger partial charge >= 0.3 is 23.6 Å². The maximum Gasteiger partial charge on any atom is 0.364 e. The third-order valence-electron chi connectivity index (χ3n) is 19.4. The van der Waals surface area contributed by atoms with Crippen molar-refractivity contribution in [1.82, 2.24) is 0 Å². The molecule has 6 unspecified atom stereocenters. The number of benzene rings is 3. The second-order valence-electron chi connectivity index (χ2n) is 33.0. The van der Waals surface area contributed by atoms with E-state index in [9.17, 15) is 39.3 Å². The highest BCUT2D eigenvalue weighted by Crippen LogP contribution is 2.43. The first-order valence-corrected chi connectivity index (χ1v) is 40.3. The highest BCUT2D eigenvalue weighted by atomic mass is 16.7. The Balaban J connectivity index is -0.00000125. The Hall–Kier alpha value is -7.63. The second-order valence-corrected chi connectivity index (χ2v) is 33.0. The van der Waals surface area contributed by atoms with E-state index in [1.54, 1.807) is 31.4 Å². The summed E-state index contributed by atoms with van der Waals surface area (Å²) in [6, 6.07) is 30.4. The van der Waals surface area contributed by atoms with Gasteiger partial charge in [0.1, 0.15) is 18.1 Å². The van der Waals surface area contributed by atoms with Crippen LogP contribution in [0.4, 0.5) is 0 Å². The van der Waals surface area contributed by atoms with Crippen LogP contribution in [0.3, 0.4) is 0 Å². The Morgan fingerprint density at radius 2 is 0.698 bits per heavy atom. The number of rotatable bonds is 34. The van der Waals surface area contributed by atoms with E-state index in [-0.39, 0.29) is 90.3 Å². The van der Waals surface area contributed by atoms with Gasteiger partial charge in [-0.15, -0.1) is 0 Å². The van der Waals surface area contributed by atoms with Crippen molar-refractivity contribution in [3.63, 3.8) is 0 Å². The first kappa shape index (κ1) is 113. The minimum Gasteiger partial charge on any atom is -0.480 e. The SMILES string of the molecule is CC(C)(C)CC(N)C#N.CC(C)(C)C[C@@H](N)C(=O)O.CC(C)(C)C[C@H](N)C#N.COC(CO)CCCC(N)C#N.COC(CO)CCC[C@@H](N)C(=O)O.COC(CO)CCC[C@H](N)C(=O)O.O=CO[C@@](O)(c1ccccc1)C1CCCCC1.O=CO[C@](O)(c1ccccc1)C1CCCCC1.[C-]#[N+]C(O)(c1ccccc1)C1CCCCC1. The molecule has 0 radical (unpaired) electrons. The highest BCUT2D eigenvalue weighted by molar-refractivity contribution is 5.73. The molecule has 3 aromatic rings. The summed E-state index contributed by atoms with van der Waals surface area (Å²) < 4.78 is 24.8. The number of ether oxygens (including phenoxy) is 5. The molecule has 0 heterocycles. The van der Waals surface area contributed by atoms with E-state index in [2.05, 4.69) is 46.4 Å². The first-order valence-electron chi connectivity index (χ1n) is 40.3. The molecule has 29 nitrogen and oxygen atoms in total. The molecule has 6 rings (SSSR count). The monoisotopic (exact) mass is 1640 g/mol. The number of carbonyl (C=O) groups excluding carboxylic acids is 2. The lowest BCUT2D eigenvalue weighted by Gasteiger charge is -2.36. The molecular weight excluding hydrogens is 1490 g/mol. The number of hydrogen-bond acceptors (Lipinski definition) is 25. The lowest BCUT2D eigenvalue weighted by Crippen LogP contribution is -2.39.